The standard InChI is InChI=1S/C15H21N3O2/c1-11(16)15(13-8-17-18(2)9-13)20-10-12-5-4-6-14(7-12)19-3/h4-9,11,15H,10,16H2,1-3H3. The zero-order valence-corrected chi connectivity index (χ0v) is 12.1. The molecule has 0 saturated heterocycles. The van der Waals surface area contributed by atoms with Crippen molar-refractivity contribution in [1.82, 2.24) is 9.78 Å². The Bertz CT molecular complexity index is 552. The topological polar surface area (TPSA) is 62.3 Å². The summed E-state index contributed by atoms with van der Waals surface area (Å²) in [4.78, 5) is 0. The molecule has 0 aliphatic heterocycles. The van der Waals surface area contributed by atoms with Crippen molar-refractivity contribution in [3.05, 3.63) is 47.8 Å². The summed E-state index contributed by atoms with van der Waals surface area (Å²) in [5, 5.41) is 4.16. The molecule has 2 aromatic rings. The maximum Gasteiger partial charge on any atom is 0.119 e. The summed E-state index contributed by atoms with van der Waals surface area (Å²) in [6.45, 7) is 2.42. The predicted octanol–water partition coefficient (Wildman–Crippen LogP) is 2.03. The van der Waals surface area contributed by atoms with Crippen molar-refractivity contribution in [1.29, 1.82) is 0 Å². The van der Waals surface area contributed by atoms with Crippen LogP contribution in [0, 0.1) is 0 Å². The quantitative estimate of drug-likeness (QED) is 0.876. The number of nitrogens with two attached hydrogens (primary N) is 1. The number of benzene rings is 1. The fourth-order valence-electron chi connectivity index (χ4n) is 2.09. The van der Waals surface area contributed by atoms with Crippen LogP contribution < -0.4 is 10.5 Å². The van der Waals surface area contributed by atoms with Crippen LogP contribution in [0.4, 0.5) is 0 Å². The largest absolute Gasteiger partial charge is 0.497 e. The Balaban J connectivity index is 2.05. The van der Waals surface area contributed by atoms with Gasteiger partial charge in [-0.3, -0.25) is 4.68 Å². The Morgan fingerprint density at radius 1 is 1.40 bits per heavy atom. The summed E-state index contributed by atoms with van der Waals surface area (Å²) in [5.74, 6) is 0.824. The maximum atomic E-state index is 6.01. The molecule has 0 saturated carbocycles. The fourth-order valence-corrected chi connectivity index (χ4v) is 2.09. The van der Waals surface area contributed by atoms with Crippen LogP contribution in [0.2, 0.25) is 0 Å². The minimum Gasteiger partial charge on any atom is -0.497 e. The van der Waals surface area contributed by atoms with Crippen molar-refractivity contribution in [3.63, 3.8) is 0 Å². The van der Waals surface area contributed by atoms with Gasteiger partial charge in [0.2, 0.25) is 0 Å². The third kappa shape index (κ3) is 3.59. The average Bonchev–Trinajstić information content (AvgIpc) is 2.85. The molecule has 0 bridgehead atoms. The monoisotopic (exact) mass is 275 g/mol. The molecule has 0 aliphatic carbocycles. The van der Waals surface area contributed by atoms with Crippen LogP contribution in [0.25, 0.3) is 0 Å². The molecule has 20 heavy (non-hydrogen) atoms. The Hall–Kier alpha value is -1.85. The lowest BCUT2D eigenvalue weighted by molar-refractivity contribution is 0.0258. The second-order valence-corrected chi connectivity index (χ2v) is 4.89. The first-order valence-corrected chi connectivity index (χ1v) is 6.59. The molecule has 2 N–H and O–H groups in total. The van der Waals surface area contributed by atoms with Gasteiger partial charge in [-0.05, 0) is 24.6 Å². The summed E-state index contributed by atoms with van der Waals surface area (Å²) >= 11 is 0. The minimum absolute atomic E-state index is 0.107. The number of methoxy groups -OCH3 is 1. The number of aromatic nitrogens is 2. The molecule has 0 aliphatic rings. The highest BCUT2D eigenvalue weighted by molar-refractivity contribution is 5.28. The first-order chi connectivity index (χ1) is 9.60. The summed E-state index contributed by atoms with van der Waals surface area (Å²) in [5.41, 5.74) is 8.06. The van der Waals surface area contributed by atoms with Gasteiger partial charge in [0.1, 0.15) is 11.9 Å². The van der Waals surface area contributed by atoms with Gasteiger partial charge in [0.15, 0.2) is 0 Å². The molecule has 2 atom stereocenters. The Kier molecular flexibility index (Phi) is 4.76. The molecule has 0 fully saturated rings. The summed E-state index contributed by atoms with van der Waals surface area (Å²) < 4.78 is 12.9. The zero-order chi connectivity index (χ0) is 14.5. The molecule has 5 nitrogen and oxygen atoms in total. The van der Waals surface area contributed by atoms with E-state index in [1.807, 2.05) is 44.4 Å². The van der Waals surface area contributed by atoms with E-state index in [4.69, 9.17) is 15.2 Å². The molecule has 1 heterocycles. The van der Waals surface area contributed by atoms with E-state index >= 15 is 0 Å². The number of rotatable bonds is 6. The van der Waals surface area contributed by atoms with Crippen molar-refractivity contribution in [2.24, 2.45) is 12.8 Å². The Labute approximate surface area is 119 Å². The first-order valence-electron chi connectivity index (χ1n) is 6.59. The lowest BCUT2D eigenvalue weighted by atomic mass is 10.1. The second-order valence-electron chi connectivity index (χ2n) is 4.89. The number of nitrogens with zero attached hydrogens (tertiary/aromatic N) is 2. The predicted molar refractivity (Wildman–Crippen MR) is 77.4 cm³/mol. The molecule has 0 radical (unpaired) electrons. The van der Waals surface area contributed by atoms with E-state index in [0.717, 1.165) is 16.9 Å². The lowest BCUT2D eigenvalue weighted by Gasteiger charge is -2.20. The average molecular weight is 275 g/mol. The molecular formula is C15H21N3O2. The highest BCUT2D eigenvalue weighted by Gasteiger charge is 2.18. The van der Waals surface area contributed by atoms with E-state index in [2.05, 4.69) is 5.10 Å². The van der Waals surface area contributed by atoms with Gasteiger partial charge in [-0.1, -0.05) is 12.1 Å². The van der Waals surface area contributed by atoms with E-state index in [1.54, 1.807) is 18.0 Å². The van der Waals surface area contributed by atoms with Crippen molar-refractivity contribution < 1.29 is 9.47 Å². The highest BCUT2D eigenvalue weighted by atomic mass is 16.5. The van der Waals surface area contributed by atoms with Crippen molar-refractivity contribution in [2.75, 3.05) is 7.11 Å². The van der Waals surface area contributed by atoms with Crippen LogP contribution in [0.5, 0.6) is 5.75 Å². The fraction of sp³-hybridized carbons (Fsp3) is 0.400. The van der Waals surface area contributed by atoms with Gasteiger partial charge in [0.25, 0.3) is 0 Å². The van der Waals surface area contributed by atoms with Crippen molar-refractivity contribution in [3.8, 4) is 5.75 Å². The van der Waals surface area contributed by atoms with Crippen LogP contribution in [-0.2, 0) is 18.4 Å². The molecule has 0 spiro atoms. The normalized spacial score (nSPS) is 14.0. The molecule has 108 valence electrons. The van der Waals surface area contributed by atoms with Gasteiger partial charge >= 0.3 is 0 Å². The number of hydrogen-bond donors (Lipinski definition) is 1. The second kappa shape index (κ2) is 6.54. The summed E-state index contributed by atoms with van der Waals surface area (Å²) in [6, 6.07) is 7.71. The van der Waals surface area contributed by atoms with E-state index < -0.39 is 0 Å². The molecule has 0 amide bonds. The number of ether oxygens (including phenoxy) is 2. The van der Waals surface area contributed by atoms with E-state index in [-0.39, 0.29) is 12.1 Å². The summed E-state index contributed by atoms with van der Waals surface area (Å²) in [7, 11) is 3.53. The smallest absolute Gasteiger partial charge is 0.119 e. The van der Waals surface area contributed by atoms with Crippen LogP contribution in [0.3, 0.4) is 0 Å². The van der Waals surface area contributed by atoms with Gasteiger partial charge in [-0.25, -0.2) is 0 Å². The van der Waals surface area contributed by atoms with Gasteiger partial charge in [-0.15, -0.1) is 0 Å². The maximum absolute atomic E-state index is 6.01. The van der Waals surface area contributed by atoms with Crippen molar-refractivity contribution in [2.45, 2.75) is 25.7 Å². The SMILES string of the molecule is COc1cccc(COC(c2cnn(C)c2)C(C)N)c1. The van der Waals surface area contributed by atoms with Gasteiger partial charge in [-0.2, -0.15) is 5.10 Å². The molecular weight excluding hydrogens is 254 g/mol. The molecule has 2 unspecified atom stereocenters. The van der Waals surface area contributed by atoms with Crippen LogP contribution in [0.15, 0.2) is 36.7 Å². The number of aryl methyl sites for hydroxylation is 1. The molecule has 2 rings (SSSR count). The summed E-state index contributed by atoms with van der Waals surface area (Å²) in [6.07, 6.45) is 3.55. The zero-order valence-electron chi connectivity index (χ0n) is 12.1. The molecule has 1 aromatic carbocycles. The van der Waals surface area contributed by atoms with Gasteiger partial charge in [0.05, 0.1) is 19.9 Å². The highest BCUT2D eigenvalue weighted by Crippen LogP contribution is 2.22. The van der Waals surface area contributed by atoms with Crippen LogP contribution in [0.1, 0.15) is 24.2 Å². The third-order valence-corrected chi connectivity index (χ3v) is 3.09. The van der Waals surface area contributed by atoms with Gasteiger partial charge < -0.3 is 15.2 Å². The lowest BCUT2D eigenvalue weighted by Crippen LogP contribution is -2.26. The number of hydrogen-bond acceptors (Lipinski definition) is 4. The van der Waals surface area contributed by atoms with Crippen LogP contribution >= 0.6 is 0 Å². The van der Waals surface area contributed by atoms with E-state index in [9.17, 15) is 0 Å². The molecule has 5 heteroatoms. The van der Waals surface area contributed by atoms with E-state index in [0.29, 0.717) is 6.61 Å². The first kappa shape index (κ1) is 14.6. The van der Waals surface area contributed by atoms with Gasteiger partial charge in [0, 0.05) is 24.8 Å². The third-order valence-electron chi connectivity index (χ3n) is 3.09. The Morgan fingerprint density at radius 2 is 2.20 bits per heavy atom. The van der Waals surface area contributed by atoms with E-state index in [1.165, 1.54) is 0 Å². The van der Waals surface area contributed by atoms with Crippen molar-refractivity contribution >= 4 is 0 Å². The minimum atomic E-state index is -0.171. The van der Waals surface area contributed by atoms with Crippen LogP contribution in [-0.4, -0.2) is 22.9 Å². The molecule has 1 aromatic heterocycles. The Morgan fingerprint density at radius 3 is 2.80 bits per heavy atom.